The van der Waals surface area contributed by atoms with Crippen molar-refractivity contribution in [3.8, 4) is 0 Å². The number of rotatable bonds is 2. The van der Waals surface area contributed by atoms with E-state index in [1.165, 1.54) is 12.8 Å². The molecule has 0 saturated carbocycles. The highest BCUT2D eigenvalue weighted by molar-refractivity contribution is 4.82. The van der Waals surface area contributed by atoms with Crippen molar-refractivity contribution >= 4 is 0 Å². The van der Waals surface area contributed by atoms with Gasteiger partial charge in [-0.05, 0) is 32.1 Å². The smallest absolute Gasteiger partial charge is 0.0630 e. The summed E-state index contributed by atoms with van der Waals surface area (Å²) in [6.45, 7) is 9.94. The van der Waals surface area contributed by atoms with E-state index in [0.717, 1.165) is 18.4 Å². The van der Waals surface area contributed by atoms with E-state index >= 15 is 0 Å². The fourth-order valence-electron chi connectivity index (χ4n) is 1.78. The Bertz CT molecular complexity index is 129. The van der Waals surface area contributed by atoms with Crippen LogP contribution < -0.4 is 0 Å². The van der Waals surface area contributed by atoms with E-state index in [4.69, 9.17) is 4.74 Å². The van der Waals surface area contributed by atoms with E-state index in [1.807, 2.05) is 0 Å². The van der Waals surface area contributed by atoms with E-state index in [0.29, 0.717) is 0 Å². The van der Waals surface area contributed by atoms with Crippen LogP contribution in [0.2, 0.25) is 0 Å². The lowest BCUT2D eigenvalue weighted by atomic mass is 9.87. The lowest BCUT2D eigenvalue weighted by molar-refractivity contribution is 0.0339. The van der Waals surface area contributed by atoms with Crippen LogP contribution >= 0.6 is 0 Å². The first-order valence-corrected chi connectivity index (χ1v) is 4.69. The predicted molar refractivity (Wildman–Crippen MR) is 47.6 cm³/mol. The summed E-state index contributed by atoms with van der Waals surface area (Å²) in [5.41, 5.74) is 0.147. The summed E-state index contributed by atoms with van der Waals surface area (Å²) in [6.07, 6.45) is 2.52. The molecule has 2 atom stereocenters. The zero-order valence-corrected chi connectivity index (χ0v) is 8.18. The van der Waals surface area contributed by atoms with Crippen LogP contribution in [0.15, 0.2) is 0 Å². The largest absolute Gasteiger partial charge is 0.375 e. The Kier molecular flexibility index (Phi) is 2.58. The third-order valence-electron chi connectivity index (χ3n) is 2.89. The average Bonchev–Trinajstić information content (AvgIpc) is 2.29. The van der Waals surface area contributed by atoms with Crippen LogP contribution in [-0.4, -0.2) is 12.2 Å². The van der Waals surface area contributed by atoms with Gasteiger partial charge in [0.2, 0.25) is 0 Å². The van der Waals surface area contributed by atoms with E-state index in [9.17, 15) is 0 Å². The summed E-state index contributed by atoms with van der Waals surface area (Å²) < 4.78 is 5.68. The molecule has 1 nitrogen and oxygen atoms in total. The SMILES string of the molecule is CCC(C)C1COC(C)(C)C1. The highest BCUT2D eigenvalue weighted by Gasteiger charge is 2.33. The van der Waals surface area contributed by atoms with Crippen LogP contribution in [0, 0.1) is 11.8 Å². The molecule has 1 heterocycles. The van der Waals surface area contributed by atoms with Crippen LogP contribution in [-0.2, 0) is 4.74 Å². The summed E-state index contributed by atoms with van der Waals surface area (Å²) in [7, 11) is 0. The minimum absolute atomic E-state index is 0.147. The van der Waals surface area contributed by atoms with Gasteiger partial charge in [0.25, 0.3) is 0 Å². The van der Waals surface area contributed by atoms with Crippen molar-refractivity contribution in [1.29, 1.82) is 0 Å². The number of ether oxygens (including phenoxy) is 1. The zero-order valence-electron chi connectivity index (χ0n) is 8.18. The topological polar surface area (TPSA) is 9.23 Å². The second kappa shape index (κ2) is 3.14. The van der Waals surface area contributed by atoms with Gasteiger partial charge >= 0.3 is 0 Å². The molecule has 0 spiro atoms. The van der Waals surface area contributed by atoms with Gasteiger partial charge in [-0.1, -0.05) is 20.3 Å². The molecule has 66 valence electrons. The molecule has 0 N–H and O–H groups in total. The normalized spacial score (nSPS) is 32.2. The van der Waals surface area contributed by atoms with Crippen molar-refractivity contribution in [2.24, 2.45) is 11.8 Å². The lowest BCUT2D eigenvalue weighted by Gasteiger charge is -2.18. The molecule has 0 amide bonds. The Morgan fingerprint density at radius 3 is 2.55 bits per heavy atom. The third kappa shape index (κ3) is 2.19. The quantitative estimate of drug-likeness (QED) is 0.597. The molecule has 1 heteroatoms. The highest BCUT2D eigenvalue weighted by Crippen LogP contribution is 2.34. The molecule has 0 aliphatic carbocycles. The van der Waals surface area contributed by atoms with Crippen molar-refractivity contribution in [2.75, 3.05) is 6.61 Å². The summed E-state index contributed by atoms with van der Waals surface area (Å²) in [5, 5.41) is 0. The molecular weight excluding hydrogens is 136 g/mol. The van der Waals surface area contributed by atoms with Crippen molar-refractivity contribution in [3.05, 3.63) is 0 Å². The molecular formula is C10H20O. The van der Waals surface area contributed by atoms with Gasteiger partial charge in [0.1, 0.15) is 0 Å². The Balaban J connectivity index is 2.41. The second-order valence-corrected chi connectivity index (χ2v) is 4.42. The standard InChI is InChI=1S/C10H20O/c1-5-8(2)9-6-10(3,4)11-7-9/h8-9H,5-7H2,1-4H3. The summed E-state index contributed by atoms with van der Waals surface area (Å²) in [5.74, 6) is 1.63. The molecule has 11 heavy (non-hydrogen) atoms. The van der Waals surface area contributed by atoms with E-state index in [1.54, 1.807) is 0 Å². The van der Waals surface area contributed by atoms with Gasteiger partial charge in [-0.15, -0.1) is 0 Å². The fourth-order valence-corrected chi connectivity index (χ4v) is 1.78. The van der Waals surface area contributed by atoms with E-state index in [2.05, 4.69) is 27.7 Å². The maximum Gasteiger partial charge on any atom is 0.0630 e. The van der Waals surface area contributed by atoms with Gasteiger partial charge < -0.3 is 4.74 Å². The van der Waals surface area contributed by atoms with Crippen LogP contribution in [0.4, 0.5) is 0 Å². The van der Waals surface area contributed by atoms with Crippen LogP contribution in [0.25, 0.3) is 0 Å². The van der Waals surface area contributed by atoms with Gasteiger partial charge in [-0.2, -0.15) is 0 Å². The van der Waals surface area contributed by atoms with Gasteiger partial charge in [-0.25, -0.2) is 0 Å². The predicted octanol–water partition coefficient (Wildman–Crippen LogP) is 2.85. The molecule has 1 rings (SSSR count). The molecule has 1 fully saturated rings. The van der Waals surface area contributed by atoms with Gasteiger partial charge in [0, 0.05) is 0 Å². The van der Waals surface area contributed by atoms with Gasteiger partial charge in [-0.3, -0.25) is 0 Å². The molecule has 0 radical (unpaired) electrons. The highest BCUT2D eigenvalue weighted by atomic mass is 16.5. The van der Waals surface area contributed by atoms with Gasteiger partial charge in [0.15, 0.2) is 0 Å². The average molecular weight is 156 g/mol. The monoisotopic (exact) mass is 156 g/mol. The van der Waals surface area contributed by atoms with Crippen LogP contribution in [0.1, 0.15) is 40.5 Å². The Hall–Kier alpha value is -0.0400. The summed E-state index contributed by atoms with van der Waals surface area (Å²) >= 11 is 0. The molecule has 1 aliphatic heterocycles. The lowest BCUT2D eigenvalue weighted by Crippen LogP contribution is -2.17. The fraction of sp³-hybridized carbons (Fsp3) is 1.00. The Morgan fingerprint density at radius 1 is 1.55 bits per heavy atom. The van der Waals surface area contributed by atoms with Crippen molar-refractivity contribution < 1.29 is 4.74 Å². The molecule has 2 unspecified atom stereocenters. The molecule has 0 aromatic rings. The van der Waals surface area contributed by atoms with Crippen molar-refractivity contribution in [3.63, 3.8) is 0 Å². The van der Waals surface area contributed by atoms with E-state index < -0.39 is 0 Å². The first kappa shape index (κ1) is 9.05. The molecule has 0 aromatic heterocycles. The molecule has 0 bridgehead atoms. The third-order valence-corrected chi connectivity index (χ3v) is 2.89. The van der Waals surface area contributed by atoms with Crippen molar-refractivity contribution in [2.45, 2.75) is 46.1 Å². The minimum Gasteiger partial charge on any atom is -0.375 e. The summed E-state index contributed by atoms with van der Waals surface area (Å²) in [6, 6.07) is 0. The Morgan fingerprint density at radius 2 is 2.18 bits per heavy atom. The van der Waals surface area contributed by atoms with Gasteiger partial charge in [0.05, 0.1) is 12.2 Å². The second-order valence-electron chi connectivity index (χ2n) is 4.42. The first-order valence-electron chi connectivity index (χ1n) is 4.69. The van der Waals surface area contributed by atoms with Crippen LogP contribution in [0.3, 0.4) is 0 Å². The maximum atomic E-state index is 5.68. The zero-order chi connectivity index (χ0) is 8.48. The van der Waals surface area contributed by atoms with E-state index in [-0.39, 0.29) is 5.60 Å². The number of hydrogen-bond donors (Lipinski definition) is 0. The molecule has 1 saturated heterocycles. The molecule has 0 aromatic carbocycles. The van der Waals surface area contributed by atoms with Crippen molar-refractivity contribution in [1.82, 2.24) is 0 Å². The summed E-state index contributed by atoms with van der Waals surface area (Å²) in [4.78, 5) is 0. The Labute approximate surface area is 70.1 Å². The number of hydrogen-bond acceptors (Lipinski definition) is 1. The maximum absolute atomic E-state index is 5.68. The first-order chi connectivity index (χ1) is 5.05. The minimum atomic E-state index is 0.147. The van der Waals surface area contributed by atoms with Crippen LogP contribution in [0.5, 0.6) is 0 Å². The molecule has 1 aliphatic rings.